The lowest BCUT2D eigenvalue weighted by molar-refractivity contribution is 0.103. The Kier molecular flexibility index (Phi) is 4.53. The molecule has 0 saturated carbocycles. The van der Waals surface area contributed by atoms with Gasteiger partial charge in [0.2, 0.25) is 0 Å². The van der Waals surface area contributed by atoms with Crippen LogP contribution in [0.25, 0.3) is 5.65 Å². The van der Waals surface area contributed by atoms with Gasteiger partial charge in [0.15, 0.2) is 5.78 Å². The number of pyridine rings is 1. The molecule has 0 saturated heterocycles. The number of nitrogens with one attached hydrogen (secondary N) is 1. The van der Waals surface area contributed by atoms with E-state index >= 15 is 0 Å². The molecular formula is C19H18F2N2O2. The first-order valence-corrected chi connectivity index (χ1v) is 8.17. The zero-order valence-corrected chi connectivity index (χ0v) is 14.0. The maximum absolute atomic E-state index is 14.0. The number of hydrogen-bond donors (Lipinski definition) is 1. The Morgan fingerprint density at radius 3 is 2.56 bits per heavy atom. The van der Waals surface area contributed by atoms with Gasteiger partial charge in [0, 0.05) is 23.5 Å². The fourth-order valence-electron chi connectivity index (χ4n) is 2.99. The highest BCUT2D eigenvalue weighted by Gasteiger charge is 2.20. The Hall–Kier alpha value is -2.76. The summed E-state index contributed by atoms with van der Waals surface area (Å²) >= 11 is 0. The molecule has 0 spiro atoms. The van der Waals surface area contributed by atoms with Crippen molar-refractivity contribution < 1.29 is 13.6 Å². The van der Waals surface area contributed by atoms with Crippen LogP contribution < -0.4 is 5.56 Å². The summed E-state index contributed by atoms with van der Waals surface area (Å²) in [5.74, 6) is -2.27. The number of aryl methyl sites for hydroxylation is 2. The van der Waals surface area contributed by atoms with Gasteiger partial charge in [-0.15, -0.1) is 0 Å². The Balaban J connectivity index is 2.19. The average Bonchev–Trinajstić information content (AvgIpc) is 2.90. The number of halogens is 2. The highest BCUT2D eigenvalue weighted by atomic mass is 19.1. The van der Waals surface area contributed by atoms with Gasteiger partial charge in [0.1, 0.15) is 17.3 Å². The van der Waals surface area contributed by atoms with Gasteiger partial charge in [0.05, 0.1) is 11.1 Å². The van der Waals surface area contributed by atoms with E-state index in [-0.39, 0.29) is 16.7 Å². The van der Waals surface area contributed by atoms with E-state index in [9.17, 15) is 18.4 Å². The molecule has 6 heteroatoms. The molecular weight excluding hydrogens is 326 g/mol. The molecule has 1 N–H and O–H groups in total. The van der Waals surface area contributed by atoms with Crippen LogP contribution in [0, 0.1) is 18.6 Å². The number of hydrogen-bond acceptors (Lipinski definition) is 2. The van der Waals surface area contributed by atoms with Gasteiger partial charge < -0.3 is 4.98 Å². The number of nitrogens with zero attached hydrogens (tertiary/aromatic N) is 1. The Morgan fingerprint density at radius 2 is 1.88 bits per heavy atom. The molecule has 0 unspecified atom stereocenters. The number of carbonyl (C=O) groups excluding carboxylic acids is 1. The minimum absolute atomic E-state index is 0.177. The van der Waals surface area contributed by atoms with Gasteiger partial charge in [-0.25, -0.2) is 8.78 Å². The molecule has 0 bridgehead atoms. The van der Waals surface area contributed by atoms with E-state index in [0.29, 0.717) is 18.1 Å². The molecule has 25 heavy (non-hydrogen) atoms. The van der Waals surface area contributed by atoms with Crippen molar-refractivity contribution >= 4 is 11.4 Å². The summed E-state index contributed by atoms with van der Waals surface area (Å²) in [6.45, 7) is 3.89. The van der Waals surface area contributed by atoms with Crippen LogP contribution in [0.1, 0.15) is 47.1 Å². The zero-order valence-electron chi connectivity index (χ0n) is 14.0. The second kappa shape index (κ2) is 6.63. The van der Waals surface area contributed by atoms with Gasteiger partial charge in [-0.05, 0) is 38.0 Å². The Bertz CT molecular complexity index is 1020. The lowest BCUT2D eigenvalue weighted by Gasteiger charge is -2.06. The third-order valence-electron chi connectivity index (χ3n) is 4.29. The van der Waals surface area contributed by atoms with Crippen molar-refractivity contribution in [1.29, 1.82) is 0 Å². The van der Waals surface area contributed by atoms with Crippen molar-refractivity contribution in [2.45, 2.75) is 33.1 Å². The molecule has 4 nitrogen and oxygen atoms in total. The maximum atomic E-state index is 14.0. The van der Waals surface area contributed by atoms with Gasteiger partial charge in [-0.1, -0.05) is 13.3 Å². The topological polar surface area (TPSA) is 54.3 Å². The molecule has 3 aromatic rings. The van der Waals surface area contributed by atoms with E-state index in [0.717, 1.165) is 36.4 Å². The van der Waals surface area contributed by atoms with E-state index in [1.807, 2.05) is 6.92 Å². The quantitative estimate of drug-likeness (QED) is 0.716. The molecule has 0 fully saturated rings. The van der Waals surface area contributed by atoms with Gasteiger partial charge in [0.25, 0.3) is 5.56 Å². The molecule has 0 aliphatic rings. The summed E-state index contributed by atoms with van der Waals surface area (Å²) in [5.41, 5.74) is 1.65. The molecule has 1 aromatic carbocycles. The van der Waals surface area contributed by atoms with Gasteiger partial charge in [-0.3, -0.25) is 14.0 Å². The number of ketones is 1. The van der Waals surface area contributed by atoms with Crippen LogP contribution in [0.3, 0.4) is 0 Å². The van der Waals surface area contributed by atoms with Crippen molar-refractivity contribution in [2.24, 2.45) is 0 Å². The lowest BCUT2D eigenvalue weighted by Crippen LogP contribution is -2.17. The number of H-pyrrole nitrogens is 1. The van der Waals surface area contributed by atoms with Crippen LogP contribution in [0.2, 0.25) is 0 Å². The maximum Gasteiger partial charge on any atom is 0.256 e. The third kappa shape index (κ3) is 2.99. The summed E-state index contributed by atoms with van der Waals surface area (Å²) in [6.07, 6.45) is 2.58. The number of imidazole rings is 1. The lowest BCUT2D eigenvalue weighted by atomic mass is 10.0. The summed E-state index contributed by atoms with van der Waals surface area (Å²) in [4.78, 5) is 28.1. The number of rotatable bonds is 5. The first kappa shape index (κ1) is 17.1. The number of carbonyl (C=O) groups is 1. The molecule has 0 atom stereocenters. The van der Waals surface area contributed by atoms with E-state index in [1.54, 1.807) is 0 Å². The van der Waals surface area contributed by atoms with Crippen molar-refractivity contribution in [3.63, 3.8) is 0 Å². The van der Waals surface area contributed by atoms with E-state index < -0.39 is 17.4 Å². The van der Waals surface area contributed by atoms with Crippen molar-refractivity contribution in [3.05, 3.63) is 74.8 Å². The molecule has 2 heterocycles. The molecule has 3 rings (SSSR count). The Labute approximate surface area is 143 Å². The fourth-order valence-corrected chi connectivity index (χ4v) is 2.99. The van der Waals surface area contributed by atoms with Crippen LogP contribution in [-0.4, -0.2) is 15.2 Å². The Morgan fingerprint density at radius 1 is 1.16 bits per heavy atom. The number of benzene rings is 1. The van der Waals surface area contributed by atoms with Crippen molar-refractivity contribution in [3.8, 4) is 0 Å². The highest BCUT2D eigenvalue weighted by molar-refractivity contribution is 6.12. The predicted octanol–water partition coefficient (Wildman–Crippen LogP) is 3.79. The first-order valence-electron chi connectivity index (χ1n) is 8.17. The summed E-state index contributed by atoms with van der Waals surface area (Å²) in [7, 11) is 0. The van der Waals surface area contributed by atoms with Crippen molar-refractivity contribution in [1.82, 2.24) is 9.38 Å². The molecule has 0 amide bonds. The minimum Gasteiger partial charge on any atom is -0.343 e. The molecule has 0 aliphatic heterocycles. The minimum atomic E-state index is -0.927. The second-order valence-corrected chi connectivity index (χ2v) is 6.02. The van der Waals surface area contributed by atoms with Crippen LogP contribution >= 0.6 is 0 Å². The van der Waals surface area contributed by atoms with E-state index in [2.05, 4.69) is 11.9 Å². The summed E-state index contributed by atoms with van der Waals surface area (Å²) < 4.78 is 28.5. The van der Waals surface area contributed by atoms with Crippen LogP contribution in [0.15, 0.2) is 35.1 Å². The molecule has 130 valence electrons. The predicted molar refractivity (Wildman–Crippen MR) is 91.2 cm³/mol. The zero-order chi connectivity index (χ0) is 18.1. The van der Waals surface area contributed by atoms with E-state index in [4.69, 9.17) is 0 Å². The highest BCUT2D eigenvalue weighted by Crippen LogP contribution is 2.20. The molecule has 2 aromatic heterocycles. The standard InChI is InChI=1S/C19H18F2N2O2/c1-3-4-5-16-11(2)22-19-14(8-9-17(24)23(16)19)18(25)13-7-6-12(20)10-15(13)21/h6-10,22H,3-5H2,1-2H3. The monoisotopic (exact) mass is 344 g/mol. The van der Waals surface area contributed by atoms with Gasteiger partial charge in [-0.2, -0.15) is 0 Å². The second-order valence-electron chi connectivity index (χ2n) is 6.02. The SMILES string of the molecule is CCCCc1c(C)[nH]c2c(C(=O)c3ccc(F)cc3F)ccc(=O)n12. The fraction of sp³-hybridized carbons (Fsp3) is 0.263. The number of unbranched alkanes of at least 4 members (excludes halogenated alkanes) is 1. The van der Waals surface area contributed by atoms with Crippen molar-refractivity contribution in [2.75, 3.05) is 0 Å². The van der Waals surface area contributed by atoms with E-state index in [1.165, 1.54) is 16.5 Å². The molecule has 0 radical (unpaired) electrons. The molecule has 0 aliphatic carbocycles. The number of aromatic nitrogens is 2. The average molecular weight is 344 g/mol. The summed E-state index contributed by atoms with van der Waals surface area (Å²) in [5, 5.41) is 0. The van der Waals surface area contributed by atoms with Gasteiger partial charge >= 0.3 is 0 Å². The largest absolute Gasteiger partial charge is 0.343 e. The third-order valence-corrected chi connectivity index (χ3v) is 4.29. The normalized spacial score (nSPS) is 11.2. The first-order chi connectivity index (χ1) is 11.9. The number of fused-ring (bicyclic) bond motifs is 1. The van der Waals surface area contributed by atoms with Crippen LogP contribution in [0.5, 0.6) is 0 Å². The summed E-state index contributed by atoms with van der Waals surface area (Å²) in [6, 6.07) is 5.50. The van der Waals surface area contributed by atoms with Crippen LogP contribution in [-0.2, 0) is 6.42 Å². The smallest absolute Gasteiger partial charge is 0.256 e. The number of aromatic amines is 1. The van der Waals surface area contributed by atoms with Crippen LogP contribution in [0.4, 0.5) is 8.78 Å².